The van der Waals surface area contributed by atoms with Crippen molar-refractivity contribution in [3.05, 3.63) is 4.64 Å². The third-order valence-electron chi connectivity index (χ3n) is 3.39. The maximum atomic E-state index is 6.07. The highest BCUT2D eigenvalue weighted by Crippen LogP contribution is 2.25. The van der Waals surface area contributed by atoms with Crippen molar-refractivity contribution in [1.29, 1.82) is 0 Å². The standard InChI is InChI=1S/C12H18N6OS.C2H6/c1-7(2)18-10-8(11(20)16-18)9(13)14-12(15-10)17-3-5-19-6-4-17;1-2/h7H,3-6H2,1-2H3,(H,16,20)(H2,13,14,15);1-2H3. The molecule has 1 aliphatic heterocycles. The zero-order chi connectivity index (χ0) is 16.3. The summed E-state index contributed by atoms with van der Waals surface area (Å²) >= 11 is 5.31. The third-order valence-corrected chi connectivity index (χ3v) is 3.69. The van der Waals surface area contributed by atoms with E-state index in [1.807, 2.05) is 18.5 Å². The second-order valence-electron chi connectivity index (χ2n) is 5.11. The van der Waals surface area contributed by atoms with Crippen molar-refractivity contribution in [2.75, 3.05) is 36.9 Å². The highest BCUT2D eigenvalue weighted by molar-refractivity contribution is 7.71. The van der Waals surface area contributed by atoms with Crippen LogP contribution in [0, 0.1) is 4.64 Å². The molecule has 8 heteroatoms. The van der Waals surface area contributed by atoms with Gasteiger partial charge in [0.1, 0.15) is 10.5 Å². The molecule has 1 saturated heterocycles. The Labute approximate surface area is 135 Å². The summed E-state index contributed by atoms with van der Waals surface area (Å²) in [6, 6.07) is 0.223. The molecule has 0 radical (unpaired) electrons. The lowest BCUT2D eigenvalue weighted by Crippen LogP contribution is -2.37. The molecule has 0 spiro atoms. The first-order valence-electron chi connectivity index (χ1n) is 7.68. The molecule has 0 unspecified atom stereocenters. The Morgan fingerprint density at radius 3 is 2.45 bits per heavy atom. The molecule has 0 bridgehead atoms. The van der Waals surface area contributed by atoms with Crippen molar-refractivity contribution in [3.8, 4) is 0 Å². The van der Waals surface area contributed by atoms with Crippen LogP contribution in [0.5, 0.6) is 0 Å². The van der Waals surface area contributed by atoms with Crippen molar-refractivity contribution in [2.45, 2.75) is 33.7 Å². The molecule has 0 aromatic carbocycles. The molecule has 3 heterocycles. The summed E-state index contributed by atoms with van der Waals surface area (Å²) in [6.45, 7) is 11.1. The number of nitrogens with two attached hydrogens (primary N) is 1. The van der Waals surface area contributed by atoms with Crippen molar-refractivity contribution in [3.63, 3.8) is 0 Å². The van der Waals surface area contributed by atoms with E-state index < -0.39 is 0 Å². The quantitative estimate of drug-likeness (QED) is 0.826. The number of ether oxygens (including phenoxy) is 1. The van der Waals surface area contributed by atoms with Gasteiger partial charge in [0.05, 0.1) is 18.6 Å². The summed E-state index contributed by atoms with van der Waals surface area (Å²) in [7, 11) is 0. The van der Waals surface area contributed by atoms with Gasteiger partial charge in [-0.05, 0) is 13.8 Å². The number of nitrogen functional groups attached to an aromatic ring is 1. The van der Waals surface area contributed by atoms with Gasteiger partial charge in [0.15, 0.2) is 5.65 Å². The fourth-order valence-electron chi connectivity index (χ4n) is 2.34. The Morgan fingerprint density at radius 2 is 1.86 bits per heavy atom. The summed E-state index contributed by atoms with van der Waals surface area (Å²) in [5, 5.41) is 3.86. The van der Waals surface area contributed by atoms with Crippen LogP contribution in [0.1, 0.15) is 33.7 Å². The van der Waals surface area contributed by atoms with Gasteiger partial charge in [-0.15, -0.1) is 0 Å². The molecule has 122 valence electrons. The zero-order valence-electron chi connectivity index (χ0n) is 13.6. The van der Waals surface area contributed by atoms with Crippen LogP contribution in [0.4, 0.5) is 11.8 Å². The summed E-state index contributed by atoms with van der Waals surface area (Å²) in [5.41, 5.74) is 6.83. The highest BCUT2D eigenvalue weighted by Gasteiger charge is 2.19. The second-order valence-corrected chi connectivity index (χ2v) is 5.52. The van der Waals surface area contributed by atoms with Crippen molar-refractivity contribution >= 4 is 35.0 Å². The lowest BCUT2D eigenvalue weighted by Gasteiger charge is -2.26. The predicted octanol–water partition coefficient (Wildman–Crippen LogP) is 2.51. The van der Waals surface area contributed by atoms with Crippen LogP contribution in [-0.4, -0.2) is 46.1 Å². The number of nitrogens with one attached hydrogen (secondary N) is 1. The van der Waals surface area contributed by atoms with E-state index in [4.69, 9.17) is 22.7 Å². The van der Waals surface area contributed by atoms with E-state index in [-0.39, 0.29) is 6.04 Å². The number of H-pyrrole nitrogens is 1. The molecular weight excluding hydrogens is 300 g/mol. The average molecular weight is 324 g/mol. The van der Waals surface area contributed by atoms with E-state index in [2.05, 4.69) is 33.8 Å². The number of anilines is 2. The fourth-order valence-corrected chi connectivity index (χ4v) is 2.64. The number of aromatic amines is 1. The smallest absolute Gasteiger partial charge is 0.229 e. The van der Waals surface area contributed by atoms with E-state index in [1.165, 1.54) is 0 Å². The molecular formula is C14H24N6OS. The SMILES string of the molecule is CC.CC(C)n1[nH]c(=S)c2c(N)nc(N3CCOCC3)nc21. The summed E-state index contributed by atoms with van der Waals surface area (Å²) in [6.07, 6.45) is 0. The number of nitrogens with zero attached hydrogens (tertiary/aromatic N) is 4. The Kier molecular flexibility index (Phi) is 5.36. The van der Waals surface area contributed by atoms with E-state index >= 15 is 0 Å². The third kappa shape index (κ3) is 3.07. The van der Waals surface area contributed by atoms with Crippen molar-refractivity contribution in [2.24, 2.45) is 0 Å². The average Bonchev–Trinajstić information content (AvgIpc) is 2.88. The molecule has 1 aliphatic rings. The zero-order valence-corrected chi connectivity index (χ0v) is 14.4. The van der Waals surface area contributed by atoms with Crippen LogP contribution in [0.25, 0.3) is 11.0 Å². The summed E-state index contributed by atoms with van der Waals surface area (Å²) in [4.78, 5) is 11.1. The van der Waals surface area contributed by atoms with E-state index in [1.54, 1.807) is 0 Å². The van der Waals surface area contributed by atoms with E-state index in [9.17, 15) is 0 Å². The monoisotopic (exact) mass is 324 g/mol. The number of aromatic nitrogens is 4. The maximum absolute atomic E-state index is 6.07. The van der Waals surface area contributed by atoms with Crippen LogP contribution in [0.3, 0.4) is 0 Å². The van der Waals surface area contributed by atoms with Gasteiger partial charge in [-0.2, -0.15) is 9.97 Å². The first kappa shape index (κ1) is 16.7. The minimum Gasteiger partial charge on any atom is -0.383 e. The molecule has 1 fully saturated rings. The van der Waals surface area contributed by atoms with Crippen LogP contribution < -0.4 is 10.6 Å². The predicted molar refractivity (Wildman–Crippen MR) is 91.9 cm³/mol. The maximum Gasteiger partial charge on any atom is 0.229 e. The molecule has 3 rings (SSSR count). The van der Waals surface area contributed by atoms with E-state index in [0.717, 1.165) is 24.1 Å². The molecule has 7 nitrogen and oxygen atoms in total. The number of hydrogen-bond donors (Lipinski definition) is 2. The van der Waals surface area contributed by atoms with Crippen LogP contribution >= 0.6 is 12.2 Å². The van der Waals surface area contributed by atoms with Crippen LogP contribution in [0.15, 0.2) is 0 Å². The first-order valence-corrected chi connectivity index (χ1v) is 8.09. The fraction of sp³-hybridized carbons (Fsp3) is 0.643. The molecule has 22 heavy (non-hydrogen) atoms. The van der Waals surface area contributed by atoms with Gasteiger partial charge in [-0.1, -0.05) is 26.1 Å². The largest absolute Gasteiger partial charge is 0.383 e. The van der Waals surface area contributed by atoms with Gasteiger partial charge in [-0.3, -0.25) is 9.78 Å². The Bertz CT molecular complexity index is 686. The summed E-state index contributed by atoms with van der Waals surface area (Å²) in [5.74, 6) is 1.07. The first-order chi connectivity index (χ1) is 10.6. The van der Waals surface area contributed by atoms with Gasteiger partial charge >= 0.3 is 0 Å². The van der Waals surface area contributed by atoms with Crippen molar-refractivity contribution in [1.82, 2.24) is 19.7 Å². The topological polar surface area (TPSA) is 85.0 Å². The van der Waals surface area contributed by atoms with E-state index in [0.29, 0.717) is 29.6 Å². The highest BCUT2D eigenvalue weighted by atomic mass is 32.1. The Hall–Kier alpha value is -1.67. The Balaban J connectivity index is 0.000000847. The van der Waals surface area contributed by atoms with Gasteiger partial charge in [0.2, 0.25) is 5.95 Å². The van der Waals surface area contributed by atoms with Gasteiger partial charge in [0.25, 0.3) is 0 Å². The lowest BCUT2D eigenvalue weighted by molar-refractivity contribution is 0.122. The number of hydrogen-bond acceptors (Lipinski definition) is 6. The molecule has 0 atom stereocenters. The molecule has 0 aliphatic carbocycles. The molecule has 0 saturated carbocycles. The van der Waals surface area contributed by atoms with Gasteiger partial charge in [0, 0.05) is 19.1 Å². The molecule has 2 aromatic rings. The Morgan fingerprint density at radius 1 is 1.23 bits per heavy atom. The summed E-state index contributed by atoms with van der Waals surface area (Å²) < 4.78 is 7.86. The number of rotatable bonds is 2. The second kappa shape index (κ2) is 7.06. The minimum atomic E-state index is 0.223. The minimum absolute atomic E-state index is 0.223. The van der Waals surface area contributed by atoms with Crippen LogP contribution in [0.2, 0.25) is 0 Å². The molecule has 2 aromatic heterocycles. The number of fused-ring (bicyclic) bond motifs is 1. The van der Waals surface area contributed by atoms with Crippen LogP contribution in [-0.2, 0) is 4.74 Å². The van der Waals surface area contributed by atoms with Crippen molar-refractivity contribution < 1.29 is 4.74 Å². The van der Waals surface area contributed by atoms with Gasteiger partial charge < -0.3 is 15.4 Å². The van der Waals surface area contributed by atoms with Gasteiger partial charge in [-0.25, -0.2) is 0 Å². The molecule has 3 N–H and O–H groups in total. The molecule has 0 amide bonds. The normalized spacial score (nSPS) is 15.0. The lowest BCUT2D eigenvalue weighted by atomic mass is 10.3. The number of morpholine rings is 1.